The largest absolute Gasteiger partial charge is 0.496 e. The summed E-state index contributed by atoms with van der Waals surface area (Å²) in [6.45, 7) is 1.24. The zero-order valence-corrected chi connectivity index (χ0v) is 16.3. The molecule has 9 nitrogen and oxygen atoms in total. The molecule has 3 heterocycles. The molecule has 0 aliphatic carbocycles. The number of carbonyl (C=O) groups is 1. The van der Waals surface area contributed by atoms with Gasteiger partial charge in [-0.2, -0.15) is 5.10 Å². The molecular weight excluding hydrogens is 362 g/mol. The van der Waals surface area contributed by atoms with Gasteiger partial charge < -0.3 is 19.5 Å². The number of hydrogen-bond donors (Lipinski definition) is 1. The quantitative estimate of drug-likeness (QED) is 0.791. The number of amides is 1. The average molecular weight is 387 g/mol. The van der Waals surface area contributed by atoms with Crippen LogP contribution in [-0.4, -0.2) is 46.5 Å². The van der Waals surface area contributed by atoms with E-state index in [1.54, 1.807) is 20.2 Å². The number of nitrogens with one attached hydrogen (secondary N) is 1. The predicted octanol–water partition coefficient (Wildman–Crippen LogP) is 0.277. The third-order valence-electron chi connectivity index (χ3n) is 5.02. The van der Waals surface area contributed by atoms with Gasteiger partial charge in [0, 0.05) is 51.6 Å². The van der Waals surface area contributed by atoms with E-state index in [4.69, 9.17) is 4.74 Å². The van der Waals surface area contributed by atoms with E-state index in [2.05, 4.69) is 15.3 Å². The lowest BCUT2D eigenvalue weighted by Gasteiger charge is -2.36. The number of anilines is 1. The van der Waals surface area contributed by atoms with E-state index in [0.29, 0.717) is 12.1 Å². The zero-order chi connectivity index (χ0) is 20.3. The molecular formula is C19H25N5O4. The van der Waals surface area contributed by atoms with Crippen LogP contribution < -0.4 is 26.1 Å². The van der Waals surface area contributed by atoms with Crippen LogP contribution in [0.25, 0.3) is 0 Å². The number of nitrogens with zero attached hydrogens (tertiary/aromatic N) is 4. The smallest absolute Gasteiger partial charge is 0.266 e. The number of aryl methyl sites for hydroxylation is 2. The van der Waals surface area contributed by atoms with Crippen LogP contribution in [0.2, 0.25) is 0 Å². The summed E-state index contributed by atoms with van der Waals surface area (Å²) in [6, 6.07) is 4.60. The minimum atomic E-state index is -0.300. The fourth-order valence-corrected chi connectivity index (χ4v) is 3.42. The molecule has 1 fully saturated rings. The summed E-state index contributed by atoms with van der Waals surface area (Å²) >= 11 is 0. The summed E-state index contributed by atoms with van der Waals surface area (Å²) in [5.74, 6) is 0.674. The summed E-state index contributed by atoms with van der Waals surface area (Å²) < 4.78 is 7.84. The Morgan fingerprint density at radius 3 is 2.75 bits per heavy atom. The van der Waals surface area contributed by atoms with Gasteiger partial charge in [-0.25, -0.2) is 4.68 Å². The highest BCUT2D eigenvalue weighted by atomic mass is 16.5. The first kappa shape index (κ1) is 19.7. The van der Waals surface area contributed by atoms with Crippen LogP contribution in [0.3, 0.4) is 0 Å². The average Bonchev–Trinajstić information content (AvgIpc) is 2.70. The molecule has 1 aliphatic heterocycles. The fourth-order valence-electron chi connectivity index (χ4n) is 3.42. The number of methoxy groups -OCH3 is 1. The molecule has 1 unspecified atom stereocenters. The van der Waals surface area contributed by atoms with Crippen LogP contribution in [0.5, 0.6) is 5.75 Å². The van der Waals surface area contributed by atoms with Crippen molar-refractivity contribution in [3.05, 3.63) is 50.7 Å². The van der Waals surface area contributed by atoms with Crippen molar-refractivity contribution >= 4 is 11.7 Å². The Hall–Kier alpha value is -3.10. The second-order valence-electron chi connectivity index (χ2n) is 6.91. The van der Waals surface area contributed by atoms with E-state index in [1.165, 1.54) is 34.7 Å². The highest BCUT2D eigenvalue weighted by Crippen LogP contribution is 2.22. The molecule has 1 atom stereocenters. The molecule has 150 valence electrons. The minimum absolute atomic E-state index is 0.0706. The molecule has 0 bridgehead atoms. The lowest BCUT2D eigenvalue weighted by Crippen LogP contribution is -2.47. The maximum absolute atomic E-state index is 12.7. The fraction of sp³-hybridized carbons (Fsp3) is 0.474. The van der Waals surface area contributed by atoms with Gasteiger partial charge in [0.1, 0.15) is 11.6 Å². The molecule has 3 rings (SSSR count). The third-order valence-corrected chi connectivity index (χ3v) is 5.02. The number of aromatic nitrogens is 3. The van der Waals surface area contributed by atoms with Crippen LogP contribution in [-0.2, 0) is 14.1 Å². The standard InChI is InChI=1S/C19H25N5O4/c1-22-12-14(15(28-3)10-18(22)26)19(27)20-11-13-6-4-5-9-24(13)16-7-8-17(25)23(2)21-16/h7-8,10,12-13H,4-6,9,11H2,1-3H3,(H,20,27). The van der Waals surface area contributed by atoms with Crippen molar-refractivity contribution in [2.45, 2.75) is 25.3 Å². The molecule has 2 aromatic rings. The number of piperidine rings is 1. The van der Waals surface area contributed by atoms with E-state index in [9.17, 15) is 14.4 Å². The van der Waals surface area contributed by atoms with Gasteiger partial charge in [-0.3, -0.25) is 14.4 Å². The molecule has 28 heavy (non-hydrogen) atoms. The Kier molecular flexibility index (Phi) is 5.81. The van der Waals surface area contributed by atoms with E-state index in [1.807, 2.05) is 0 Å². The molecule has 0 aromatic carbocycles. The van der Waals surface area contributed by atoms with Gasteiger partial charge in [0.05, 0.1) is 12.7 Å². The summed E-state index contributed by atoms with van der Waals surface area (Å²) in [5, 5.41) is 7.28. The van der Waals surface area contributed by atoms with Crippen LogP contribution in [0.4, 0.5) is 5.82 Å². The van der Waals surface area contributed by atoms with Crippen molar-refractivity contribution in [1.82, 2.24) is 19.7 Å². The topological polar surface area (TPSA) is 98.5 Å². The second kappa shape index (κ2) is 8.28. The van der Waals surface area contributed by atoms with Crippen LogP contribution in [0.15, 0.2) is 34.0 Å². The first-order chi connectivity index (χ1) is 13.4. The molecule has 9 heteroatoms. The Balaban J connectivity index is 1.75. The van der Waals surface area contributed by atoms with Crippen LogP contribution in [0.1, 0.15) is 29.6 Å². The summed E-state index contributed by atoms with van der Waals surface area (Å²) in [4.78, 5) is 38.2. The Morgan fingerprint density at radius 2 is 2.04 bits per heavy atom. The van der Waals surface area contributed by atoms with Gasteiger partial charge in [-0.15, -0.1) is 0 Å². The number of hydrogen-bond acceptors (Lipinski definition) is 6. The van der Waals surface area contributed by atoms with Crippen molar-refractivity contribution in [2.75, 3.05) is 25.1 Å². The maximum atomic E-state index is 12.7. The Labute approximate surface area is 162 Å². The Bertz CT molecular complexity index is 981. The van der Waals surface area contributed by atoms with Crippen molar-refractivity contribution in [3.63, 3.8) is 0 Å². The minimum Gasteiger partial charge on any atom is -0.496 e. The molecule has 0 radical (unpaired) electrons. The summed E-state index contributed by atoms with van der Waals surface area (Å²) in [6.07, 6.45) is 4.48. The molecule has 0 saturated carbocycles. The van der Waals surface area contributed by atoms with Gasteiger partial charge in [-0.05, 0) is 25.3 Å². The van der Waals surface area contributed by atoms with Gasteiger partial charge in [0.25, 0.3) is 17.0 Å². The summed E-state index contributed by atoms with van der Waals surface area (Å²) in [5.41, 5.74) is -0.0905. The van der Waals surface area contributed by atoms with Crippen molar-refractivity contribution in [3.8, 4) is 5.75 Å². The van der Waals surface area contributed by atoms with Gasteiger partial charge in [-0.1, -0.05) is 0 Å². The molecule has 1 aliphatic rings. The monoisotopic (exact) mass is 387 g/mol. The molecule has 2 aromatic heterocycles. The van der Waals surface area contributed by atoms with Gasteiger partial charge >= 0.3 is 0 Å². The van der Waals surface area contributed by atoms with E-state index in [0.717, 1.165) is 31.6 Å². The maximum Gasteiger partial charge on any atom is 0.266 e. The highest BCUT2D eigenvalue weighted by molar-refractivity contribution is 5.96. The third kappa shape index (κ3) is 4.08. The van der Waals surface area contributed by atoms with E-state index >= 15 is 0 Å². The number of rotatable bonds is 5. The lowest BCUT2D eigenvalue weighted by molar-refractivity contribution is 0.0945. The lowest BCUT2D eigenvalue weighted by atomic mass is 10.0. The SMILES string of the molecule is COc1cc(=O)n(C)cc1C(=O)NCC1CCCCN1c1ccc(=O)n(C)n1. The first-order valence-corrected chi connectivity index (χ1v) is 9.24. The van der Waals surface area contributed by atoms with E-state index < -0.39 is 0 Å². The molecule has 1 saturated heterocycles. The van der Waals surface area contributed by atoms with Crippen molar-refractivity contribution in [1.29, 1.82) is 0 Å². The number of carbonyl (C=O) groups excluding carboxylic acids is 1. The van der Waals surface area contributed by atoms with E-state index in [-0.39, 0.29) is 28.8 Å². The normalized spacial score (nSPS) is 16.7. The van der Waals surface area contributed by atoms with Gasteiger partial charge in [0.15, 0.2) is 0 Å². The number of ether oxygens (including phenoxy) is 1. The molecule has 1 amide bonds. The van der Waals surface area contributed by atoms with Gasteiger partial charge in [0.2, 0.25) is 0 Å². The zero-order valence-electron chi connectivity index (χ0n) is 16.3. The van der Waals surface area contributed by atoms with Crippen LogP contribution in [0, 0.1) is 0 Å². The Morgan fingerprint density at radius 1 is 1.25 bits per heavy atom. The predicted molar refractivity (Wildman–Crippen MR) is 105 cm³/mol. The van der Waals surface area contributed by atoms with Crippen LogP contribution >= 0.6 is 0 Å². The molecule has 0 spiro atoms. The first-order valence-electron chi connectivity index (χ1n) is 9.24. The molecule has 1 N–H and O–H groups in total. The van der Waals surface area contributed by atoms with Crippen molar-refractivity contribution < 1.29 is 9.53 Å². The van der Waals surface area contributed by atoms with Crippen molar-refractivity contribution in [2.24, 2.45) is 14.1 Å². The second-order valence-corrected chi connectivity index (χ2v) is 6.91. The number of pyridine rings is 1. The summed E-state index contributed by atoms with van der Waals surface area (Å²) in [7, 11) is 4.64. The highest BCUT2D eigenvalue weighted by Gasteiger charge is 2.25.